The van der Waals surface area contributed by atoms with Crippen LogP contribution in [0.15, 0.2) is 46.9 Å². The van der Waals surface area contributed by atoms with Gasteiger partial charge in [-0.3, -0.25) is 4.79 Å². The van der Waals surface area contributed by atoms with Gasteiger partial charge in [0.05, 0.1) is 12.7 Å². The molecule has 92 valence electrons. The van der Waals surface area contributed by atoms with Crippen LogP contribution in [0, 0.1) is 0 Å². The molecule has 0 spiro atoms. The highest BCUT2D eigenvalue weighted by molar-refractivity contribution is 9.10. The molecule has 0 unspecified atom stereocenters. The molecule has 0 saturated heterocycles. The summed E-state index contributed by atoms with van der Waals surface area (Å²) in [6.07, 6.45) is 0.767. The fraction of sp³-hybridized carbons (Fsp3) is 0.0714. The Hall–Kier alpha value is -1.81. The van der Waals surface area contributed by atoms with Crippen molar-refractivity contribution in [3.8, 4) is 17.2 Å². The van der Waals surface area contributed by atoms with Gasteiger partial charge < -0.3 is 9.47 Å². The van der Waals surface area contributed by atoms with Crippen LogP contribution >= 0.6 is 15.9 Å². The van der Waals surface area contributed by atoms with Crippen molar-refractivity contribution in [1.29, 1.82) is 0 Å². The molecule has 0 aliphatic rings. The van der Waals surface area contributed by atoms with E-state index in [9.17, 15) is 4.79 Å². The molecule has 0 saturated carbocycles. The first-order chi connectivity index (χ1) is 8.72. The smallest absolute Gasteiger partial charge is 0.153 e. The normalized spacial score (nSPS) is 9.89. The first kappa shape index (κ1) is 12.6. The van der Waals surface area contributed by atoms with Gasteiger partial charge in [-0.15, -0.1) is 0 Å². The van der Waals surface area contributed by atoms with Gasteiger partial charge in [0, 0.05) is 4.47 Å². The maximum Gasteiger partial charge on any atom is 0.153 e. The summed E-state index contributed by atoms with van der Waals surface area (Å²) in [4.78, 5) is 10.9. The van der Waals surface area contributed by atoms with Gasteiger partial charge in [-0.05, 0) is 42.5 Å². The van der Waals surface area contributed by atoms with Crippen LogP contribution in [0.5, 0.6) is 17.2 Å². The van der Waals surface area contributed by atoms with Crippen LogP contribution in [0.3, 0.4) is 0 Å². The Labute approximate surface area is 113 Å². The van der Waals surface area contributed by atoms with Crippen LogP contribution in [-0.2, 0) is 0 Å². The summed E-state index contributed by atoms with van der Waals surface area (Å²) in [6, 6.07) is 12.5. The van der Waals surface area contributed by atoms with E-state index in [-0.39, 0.29) is 0 Å². The number of hydrogen-bond donors (Lipinski definition) is 0. The largest absolute Gasteiger partial charge is 0.497 e. The molecular formula is C14H11BrO3. The average molecular weight is 307 g/mol. The fourth-order valence-corrected chi connectivity index (χ4v) is 1.85. The van der Waals surface area contributed by atoms with Crippen LogP contribution in [0.25, 0.3) is 0 Å². The number of methoxy groups -OCH3 is 1. The Morgan fingerprint density at radius 2 is 1.72 bits per heavy atom. The number of benzene rings is 2. The van der Waals surface area contributed by atoms with E-state index < -0.39 is 0 Å². The highest BCUT2D eigenvalue weighted by Gasteiger charge is 2.05. The van der Waals surface area contributed by atoms with Crippen molar-refractivity contribution in [3.63, 3.8) is 0 Å². The molecule has 2 aromatic carbocycles. The topological polar surface area (TPSA) is 35.5 Å². The summed E-state index contributed by atoms with van der Waals surface area (Å²) in [7, 11) is 1.61. The molecule has 2 aromatic rings. The molecule has 4 heteroatoms. The second-order valence-corrected chi connectivity index (χ2v) is 4.49. The van der Waals surface area contributed by atoms with E-state index in [4.69, 9.17) is 9.47 Å². The minimum Gasteiger partial charge on any atom is -0.497 e. The van der Waals surface area contributed by atoms with Crippen LogP contribution in [0.1, 0.15) is 10.4 Å². The van der Waals surface area contributed by atoms with Crippen molar-refractivity contribution in [2.75, 3.05) is 7.11 Å². The SMILES string of the molecule is COc1ccc(Oc2ccc(Br)cc2C=O)cc1. The lowest BCUT2D eigenvalue weighted by atomic mass is 10.2. The van der Waals surface area contributed by atoms with Crippen molar-refractivity contribution in [2.45, 2.75) is 0 Å². The average Bonchev–Trinajstić information content (AvgIpc) is 2.41. The van der Waals surface area contributed by atoms with Crippen molar-refractivity contribution >= 4 is 22.2 Å². The third kappa shape index (κ3) is 2.90. The van der Waals surface area contributed by atoms with E-state index in [1.54, 1.807) is 43.5 Å². The van der Waals surface area contributed by atoms with E-state index in [1.807, 2.05) is 6.07 Å². The second-order valence-electron chi connectivity index (χ2n) is 3.58. The van der Waals surface area contributed by atoms with E-state index >= 15 is 0 Å². The van der Waals surface area contributed by atoms with Gasteiger partial charge in [0.2, 0.25) is 0 Å². The first-order valence-electron chi connectivity index (χ1n) is 5.29. The standard InChI is InChI=1S/C14H11BrO3/c1-17-12-3-5-13(6-4-12)18-14-7-2-11(15)8-10(14)9-16/h2-9H,1H3. The molecule has 0 heterocycles. The van der Waals surface area contributed by atoms with E-state index in [0.717, 1.165) is 16.5 Å². The number of halogens is 1. The van der Waals surface area contributed by atoms with Gasteiger partial charge in [-0.25, -0.2) is 0 Å². The molecule has 0 bridgehead atoms. The molecule has 2 rings (SSSR count). The summed E-state index contributed by atoms with van der Waals surface area (Å²) in [5.74, 6) is 1.94. The van der Waals surface area contributed by atoms with Crippen molar-refractivity contribution < 1.29 is 14.3 Å². The third-order valence-corrected chi connectivity index (χ3v) is 2.88. The highest BCUT2D eigenvalue weighted by atomic mass is 79.9. The summed E-state index contributed by atoms with van der Waals surface area (Å²) in [6.45, 7) is 0. The predicted octanol–water partition coefficient (Wildman–Crippen LogP) is 4.06. The maximum atomic E-state index is 10.9. The number of ether oxygens (including phenoxy) is 2. The first-order valence-corrected chi connectivity index (χ1v) is 6.09. The Morgan fingerprint density at radius 3 is 2.33 bits per heavy atom. The molecule has 0 radical (unpaired) electrons. The molecule has 0 aliphatic carbocycles. The highest BCUT2D eigenvalue weighted by Crippen LogP contribution is 2.28. The Morgan fingerprint density at radius 1 is 1.06 bits per heavy atom. The van der Waals surface area contributed by atoms with Gasteiger partial charge >= 0.3 is 0 Å². The quantitative estimate of drug-likeness (QED) is 0.799. The Kier molecular flexibility index (Phi) is 3.99. The van der Waals surface area contributed by atoms with Gasteiger partial charge in [-0.2, -0.15) is 0 Å². The van der Waals surface area contributed by atoms with E-state index in [2.05, 4.69) is 15.9 Å². The van der Waals surface area contributed by atoms with Crippen LogP contribution in [0.2, 0.25) is 0 Å². The molecular weight excluding hydrogens is 296 g/mol. The zero-order valence-corrected chi connectivity index (χ0v) is 11.3. The molecule has 0 fully saturated rings. The lowest BCUT2D eigenvalue weighted by molar-refractivity contribution is 0.112. The zero-order valence-electron chi connectivity index (χ0n) is 9.72. The second kappa shape index (κ2) is 5.69. The third-order valence-electron chi connectivity index (χ3n) is 2.39. The molecule has 0 N–H and O–H groups in total. The molecule has 0 amide bonds. The van der Waals surface area contributed by atoms with Crippen LogP contribution in [-0.4, -0.2) is 13.4 Å². The van der Waals surface area contributed by atoms with Crippen LogP contribution in [0.4, 0.5) is 0 Å². The van der Waals surface area contributed by atoms with Gasteiger partial charge in [0.25, 0.3) is 0 Å². The predicted molar refractivity (Wildman–Crippen MR) is 72.6 cm³/mol. The number of hydrogen-bond acceptors (Lipinski definition) is 3. The number of carbonyl (C=O) groups excluding carboxylic acids is 1. The summed E-state index contributed by atoms with van der Waals surface area (Å²) >= 11 is 3.31. The Balaban J connectivity index is 2.24. The summed E-state index contributed by atoms with van der Waals surface area (Å²) < 4.78 is 11.5. The van der Waals surface area contributed by atoms with Crippen molar-refractivity contribution in [1.82, 2.24) is 0 Å². The monoisotopic (exact) mass is 306 g/mol. The zero-order chi connectivity index (χ0) is 13.0. The fourth-order valence-electron chi connectivity index (χ4n) is 1.48. The number of carbonyl (C=O) groups is 1. The van der Waals surface area contributed by atoms with Gasteiger partial charge in [0.15, 0.2) is 6.29 Å². The summed E-state index contributed by atoms with van der Waals surface area (Å²) in [5.41, 5.74) is 0.500. The molecule has 0 aliphatic heterocycles. The lowest BCUT2D eigenvalue weighted by Gasteiger charge is -2.08. The minimum absolute atomic E-state index is 0.500. The van der Waals surface area contributed by atoms with E-state index in [1.165, 1.54) is 0 Å². The molecule has 18 heavy (non-hydrogen) atoms. The molecule has 0 aromatic heterocycles. The van der Waals surface area contributed by atoms with Crippen molar-refractivity contribution in [3.05, 3.63) is 52.5 Å². The minimum atomic E-state index is 0.500. The lowest BCUT2D eigenvalue weighted by Crippen LogP contribution is -1.90. The van der Waals surface area contributed by atoms with Crippen molar-refractivity contribution in [2.24, 2.45) is 0 Å². The number of rotatable bonds is 4. The summed E-state index contributed by atoms with van der Waals surface area (Å²) in [5, 5.41) is 0. The van der Waals surface area contributed by atoms with E-state index in [0.29, 0.717) is 17.1 Å². The Bertz CT molecular complexity index is 549. The van der Waals surface area contributed by atoms with Gasteiger partial charge in [0.1, 0.15) is 17.2 Å². The van der Waals surface area contributed by atoms with Gasteiger partial charge in [-0.1, -0.05) is 15.9 Å². The molecule has 3 nitrogen and oxygen atoms in total. The maximum absolute atomic E-state index is 10.9. The number of aldehydes is 1. The molecule has 0 atom stereocenters. The van der Waals surface area contributed by atoms with Crippen LogP contribution < -0.4 is 9.47 Å².